The Bertz CT molecular complexity index is 678. The Hall–Kier alpha value is -2.63. The summed E-state index contributed by atoms with van der Waals surface area (Å²) in [6.45, 7) is 4.69. The molecular weight excluding hydrogens is 272 g/mol. The normalized spacial score (nSPS) is 13.5. The highest BCUT2D eigenvalue weighted by molar-refractivity contribution is 5.96. The van der Waals surface area contributed by atoms with Crippen LogP contribution in [0.2, 0.25) is 0 Å². The summed E-state index contributed by atoms with van der Waals surface area (Å²) in [6.07, 6.45) is 0. The van der Waals surface area contributed by atoms with Crippen LogP contribution < -0.4 is 5.32 Å². The monoisotopic (exact) mass is 288 g/mol. The fourth-order valence-electron chi connectivity index (χ4n) is 2.05. The van der Waals surface area contributed by atoms with Gasteiger partial charge in [0.2, 0.25) is 5.76 Å². The number of rotatable bonds is 4. The fraction of sp³-hybridized carbons (Fsp3) is 0.267. The van der Waals surface area contributed by atoms with Crippen molar-refractivity contribution in [1.82, 2.24) is 10.3 Å². The number of nitrogens with zero attached hydrogens (tertiary/aromatic N) is 1. The minimum absolute atomic E-state index is 0.0240. The first-order valence-electron chi connectivity index (χ1n) is 6.40. The van der Waals surface area contributed by atoms with Gasteiger partial charge < -0.3 is 14.8 Å². The van der Waals surface area contributed by atoms with Crippen molar-refractivity contribution in [3.05, 3.63) is 53.2 Å². The number of aromatic nitrogens is 1. The Morgan fingerprint density at radius 3 is 2.33 bits per heavy atom. The summed E-state index contributed by atoms with van der Waals surface area (Å²) >= 11 is 0. The van der Waals surface area contributed by atoms with E-state index in [0.717, 1.165) is 0 Å². The number of benzene rings is 1. The maximum atomic E-state index is 12.3. The molecule has 21 heavy (non-hydrogen) atoms. The number of carbonyl (C=O) groups is 2. The van der Waals surface area contributed by atoms with Gasteiger partial charge in [0, 0.05) is 6.92 Å². The van der Waals surface area contributed by atoms with Gasteiger partial charge in [-0.25, -0.2) is 9.78 Å². The average molecular weight is 288 g/mol. The van der Waals surface area contributed by atoms with Crippen molar-refractivity contribution in [2.75, 3.05) is 0 Å². The molecule has 0 spiro atoms. The van der Waals surface area contributed by atoms with Crippen molar-refractivity contribution >= 4 is 11.9 Å². The fourth-order valence-corrected chi connectivity index (χ4v) is 2.05. The SMILES string of the molecule is Cc1nc(C)c(C(=O)NC(C)(C(=O)O)c2ccccc2)o1. The summed E-state index contributed by atoms with van der Waals surface area (Å²) in [5.74, 6) is -1.39. The number of oxazole rings is 1. The summed E-state index contributed by atoms with van der Waals surface area (Å²) in [4.78, 5) is 27.9. The maximum absolute atomic E-state index is 12.3. The average Bonchev–Trinajstić information content (AvgIpc) is 2.78. The van der Waals surface area contributed by atoms with Crippen LogP contribution in [0.5, 0.6) is 0 Å². The van der Waals surface area contributed by atoms with Gasteiger partial charge in [-0.3, -0.25) is 4.79 Å². The smallest absolute Gasteiger partial charge is 0.333 e. The molecule has 110 valence electrons. The standard InChI is InChI=1S/C15H16N2O4/c1-9-12(21-10(2)16-9)13(18)17-15(3,14(19)20)11-7-5-4-6-8-11/h4-8H,1-3H3,(H,17,18)(H,19,20). The molecule has 1 aromatic heterocycles. The highest BCUT2D eigenvalue weighted by Gasteiger charge is 2.38. The number of hydrogen-bond donors (Lipinski definition) is 2. The minimum Gasteiger partial charge on any atom is -0.479 e. The molecule has 6 nitrogen and oxygen atoms in total. The number of hydrogen-bond acceptors (Lipinski definition) is 4. The zero-order valence-electron chi connectivity index (χ0n) is 12.0. The first-order chi connectivity index (χ1) is 9.84. The third kappa shape index (κ3) is 2.79. The number of nitrogens with one attached hydrogen (secondary N) is 1. The van der Waals surface area contributed by atoms with E-state index in [0.29, 0.717) is 17.1 Å². The van der Waals surface area contributed by atoms with Gasteiger partial charge in [0.05, 0.1) is 5.69 Å². The van der Waals surface area contributed by atoms with Crippen LogP contribution in [-0.4, -0.2) is 22.0 Å². The molecule has 1 atom stereocenters. The molecule has 0 aliphatic rings. The first-order valence-corrected chi connectivity index (χ1v) is 6.40. The van der Waals surface area contributed by atoms with E-state index < -0.39 is 17.4 Å². The predicted molar refractivity (Wildman–Crippen MR) is 74.9 cm³/mol. The summed E-state index contributed by atoms with van der Waals surface area (Å²) in [7, 11) is 0. The third-order valence-electron chi connectivity index (χ3n) is 3.25. The number of carboxylic acid groups (broad SMARTS) is 1. The number of carbonyl (C=O) groups excluding carboxylic acids is 1. The van der Waals surface area contributed by atoms with E-state index in [9.17, 15) is 14.7 Å². The molecule has 0 saturated heterocycles. The van der Waals surface area contributed by atoms with Gasteiger partial charge in [-0.1, -0.05) is 30.3 Å². The molecule has 2 rings (SSSR count). The van der Waals surface area contributed by atoms with E-state index in [1.807, 2.05) is 0 Å². The lowest BCUT2D eigenvalue weighted by atomic mass is 9.92. The van der Waals surface area contributed by atoms with Crippen LogP contribution in [0, 0.1) is 13.8 Å². The van der Waals surface area contributed by atoms with Crippen LogP contribution >= 0.6 is 0 Å². The zero-order chi connectivity index (χ0) is 15.6. The van der Waals surface area contributed by atoms with Gasteiger partial charge in [0.25, 0.3) is 5.91 Å². The molecule has 0 saturated carbocycles. The molecule has 6 heteroatoms. The van der Waals surface area contributed by atoms with Gasteiger partial charge in [0.15, 0.2) is 11.4 Å². The minimum atomic E-state index is -1.55. The molecule has 2 N–H and O–H groups in total. The van der Waals surface area contributed by atoms with Gasteiger partial charge in [-0.2, -0.15) is 0 Å². The van der Waals surface area contributed by atoms with E-state index in [2.05, 4.69) is 10.3 Å². The molecule has 0 aliphatic heterocycles. The Morgan fingerprint density at radius 2 is 1.86 bits per heavy atom. The molecule has 1 heterocycles. The van der Waals surface area contributed by atoms with E-state index in [1.54, 1.807) is 44.2 Å². The Balaban J connectivity index is 2.35. The second-order valence-corrected chi connectivity index (χ2v) is 4.90. The molecule has 0 radical (unpaired) electrons. The van der Waals surface area contributed by atoms with Gasteiger partial charge in [-0.05, 0) is 19.4 Å². The maximum Gasteiger partial charge on any atom is 0.333 e. The third-order valence-corrected chi connectivity index (χ3v) is 3.25. The molecule has 0 bridgehead atoms. The number of aryl methyl sites for hydroxylation is 2. The lowest BCUT2D eigenvalue weighted by Gasteiger charge is -2.26. The lowest BCUT2D eigenvalue weighted by molar-refractivity contribution is -0.144. The highest BCUT2D eigenvalue weighted by atomic mass is 16.4. The van der Waals surface area contributed by atoms with Crippen molar-refractivity contribution in [2.24, 2.45) is 0 Å². The Morgan fingerprint density at radius 1 is 1.24 bits per heavy atom. The van der Waals surface area contributed by atoms with Crippen LogP contribution in [0.15, 0.2) is 34.7 Å². The van der Waals surface area contributed by atoms with E-state index in [-0.39, 0.29) is 5.76 Å². The van der Waals surface area contributed by atoms with Crippen LogP contribution in [-0.2, 0) is 10.3 Å². The first kappa shape index (κ1) is 14.8. The van der Waals surface area contributed by atoms with Crippen LogP contribution in [0.4, 0.5) is 0 Å². The number of amides is 1. The van der Waals surface area contributed by atoms with Gasteiger partial charge in [-0.15, -0.1) is 0 Å². The summed E-state index contributed by atoms with van der Waals surface area (Å²) in [5.41, 5.74) is -0.656. The van der Waals surface area contributed by atoms with E-state index in [4.69, 9.17) is 4.42 Å². The molecule has 0 aliphatic carbocycles. The predicted octanol–water partition coefficient (Wildman–Crippen LogP) is 2.02. The summed E-state index contributed by atoms with van der Waals surface area (Å²) in [6, 6.07) is 8.50. The second kappa shape index (κ2) is 5.40. The van der Waals surface area contributed by atoms with Crippen molar-refractivity contribution in [1.29, 1.82) is 0 Å². The summed E-state index contributed by atoms with van der Waals surface area (Å²) in [5, 5.41) is 12.0. The van der Waals surface area contributed by atoms with Gasteiger partial charge >= 0.3 is 5.97 Å². The number of carboxylic acids is 1. The molecule has 1 amide bonds. The topological polar surface area (TPSA) is 92.4 Å². The Labute approximate surface area is 121 Å². The zero-order valence-corrected chi connectivity index (χ0v) is 12.0. The largest absolute Gasteiger partial charge is 0.479 e. The van der Waals surface area contributed by atoms with Crippen molar-refractivity contribution < 1.29 is 19.1 Å². The molecule has 1 aromatic carbocycles. The number of aliphatic carboxylic acids is 1. The van der Waals surface area contributed by atoms with Crippen LogP contribution in [0.1, 0.15) is 34.6 Å². The van der Waals surface area contributed by atoms with Gasteiger partial charge in [0.1, 0.15) is 0 Å². The van der Waals surface area contributed by atoms with Crippen molar-refractivity contribution in [3.8, 4) is 0 Å². The molecular formula is C15H16N2O4. The van der Waals surface area contributed by atoms with E-state index >= 15 is 0 Å². The van der Waals surface area contributed by atoms with Crippen LogP contribution in [0.25, 0.3) is 0 Å². The lowest BCUT2D eigenvalue weighted by Crippen LogP contribution is -2.49. The Kier molecular flexibility index (Phi) is 3.80. The highest BCUT2D eigenvalue weighted by Crippen LogP contribution is 2.22. The van der Waals surface area contributed by atoms with Crippen LogP contribution in [0.3, 0.4) is 0 Å². The quantitative estimate of drug-likeness (QED) is 0.898. The summed E-state index contributed by atoms with van der Waals surface area (Å²) < 4.78 is 5.22. The second-order valence-electron chi connectivity index (χ2n) is 4.90. The molecule has 1 unspecified atom stereocenters. The van der Waals surface area contributed by atoms with Crippen molar-refractivity contribution in [2.45, 2.75) is 26.3 Å². The van der Waals surface area contributed by atoms with E-state index in [1.165, 1.54) is 6.92 Å². The molecule has 0 fully saturated rings. The van der Waals surface area contributed by atoms with Crippen molar-refractivity contribution in [3.63, 3.8) is 0 Å². The molecule has 2 aromatic rings.